The number of hydrogen-bond donors (Lipinski definition) is 2. The van der Waals surface area contributed by atoms with Crippen LogP contribution < -0.4 is 10.6 Å². The van der Waals surface area contributed by atoms with Crippen LogP contribution in [0, 0.1) is 17.5 Å². The van der Waals surface area contributed by atoms with Gasteiger partial charge in [-0.05, 0) is 36.4 Å². The molecule has 3 aromatic rings. The third-order valence-electron chi connectivity index (χ3n) is 3.18. The summed E-state index contributed by atoms with van der Waals surface area (Å²) in [6.07, 6.45) is 2.50. The zero-order valence-electron chi connectivity index (χ0n) is 12.6. The molecule has 0 aliphatic rings. The summed E-state index contributed by atoms with van der Waals surface area (Å²) >= 11 is 0. The third kappa shape index (κ3) is 4.11. The predicted molar refractivity (Wildman–Crippen MR) is 86.0 cm³/mol. The van der Waals surface area contributed by atoms with E-state index in [0.29, 0.717) is 5.69 Å². The molecule has 2 aromatic carbocycles. The molecule has 1 aromatic heterocycles. The highest BCUT2D eigenvalue weighted by Gasteiger charge is 2.09. The highest BCUT2D eigenvalue weighted by Crippen LogP contribution is 2.17. The smallest absolute Gasteiger partial charge is 0.275 e. The lowest BCUT2D eigenvalue weighted by atomic mass is 10.3. The maximum absolute atomic E-state index is 13.2. The van der Waals surface area contributed by atoms with E-state index in [1.807, 2.05) is 0 Å². The lowest BCUT2D eigenvalue weighted by molar-refractivity contribution is 0.102. The third-order valence-corrected chi connectivity index (χ3v) is 3.18. The molecule has 0 aliphatic heterocycles. The van der Waals surface area contributed by atoms with E-state index in [9.17, 15) is 18.0 Å². The van der Waals surface area contributed by atoms with E-state index in [4.69, 9.17) is 0 Å². The molecule has 0 saturated carbocycles. The summed E-state index contributed by atoms with van der Waals surface area (Å²) in [5.41, 5.74) is 0.745. The fourth-order valence-electron chi connectivity index (χ4n) is 1.96. The lowest BCUT2D eigenvalue weighted by Gasteiger charge is -2.07. The number of nitrogens with zero attached hydrogens (tertiary/aromatic N) is 2. The van der Waals surface area contributed by atoms with E-state index in [2.05, 4.69) is 20.6 Å². The second kappa shape index (κ2) is 7.00. The van der Waals surface area contributed by atoms with Crippen LogP contribution in [0.15, 0.2) is 54.9 Å². The van der Waals surface area contributed by atoms with Crippen molar-refractivity contribution in [2.45, 2.75) is 0 Å². The van der Waals surface area contributed by atoms with Crippen LogP contribution in [0.3, 0.4) is 0 Å². The monoisotopic (exact) mass is 344 g/mol. The summed E-state index contributed by atoms with van der Waals surface area (Å²) in [5, 5.41) is 5.29. The highest BCUT2D eigenvalue weighted by atomic mass is 19.2. The Hall–Kier alpha value is -3.42. The van der Waals surface area contributed by atoms with Crippen molar-refractivity contribution in [3.8, 4) is 0 Å². The number of hydrogen-bond acceptors (Lipinski definition) is 4. The molecule has 2 N–H and O–H groups in total. The number of aromatic nitrogens is 2. The molecule has 25 heavy (non-hydrogen) atoms. The first-order valence-electron chi connectivity index (χ1n) is 7.12. The Balaban J connectivity index is 1.67. The molecule has 0 spiro atoms. The number of anilines is 3. The van der Waals surface area contributed by atoms with Crippen LogP contribution in [-0.4, -0.2) is 15.9 Å². The molecule has 1 heterocycles. The number of halogens is 3. The van der Waals surface area contributed by atoms with Gasteiger partial charge in [0.25, 0.3) is 5.91 Å². The molecule has 0 atom stereocenters. The molecule has 3 rings (SSSR count). The van der Waals surface area contributed by atoms with Gasteiger partial charge < -0.3 is 10.6 Å². The largest absolute Gasteiger partial charge is 0.339 e. The Morgan fingerprint density at radius 2 is 1.56 bits per heavy atom. The van der Waals surface area contributed by atoms with Crippen molar-refractivity contribution in [1.29, 1.82) is 0 Å². The number of amides is 1. The molecule has 0 unspecified atom stereocenters. The van der Waals surface area contributed by atoms with Crippen LogP contribution in [0.5, 0.6) is 0 Å². The first kappa shape index (κ1) is 16.4. The van der Waals surface area contributed by atoms with Crippen molar-refractivity contribution in [2.24, 2.45) is 0 Å². The Bertz CT molecular complexity index is 899. The van der Waals surface area contributed by atoms with Crippen molar-refractivity contribution in [3.63, 3.8) is 0 Å². The molecule has 126 valence electrons. The van der Waals surface area contributed by atoms with Gasteiger partial charge in [0.2, 0.25) is 0 Å². The van der Waals surface area contributed by atoms with Crippen LogP contribution in [-0.2, 0) is 0 Å². The number of carbonyl (C=O) groups excluding carboxylic acids is 1. The SMILES string of the molecule is O=C(Nc1ccc(F)cc1)c1cnc(Nc2ccc(F)c(F)c2)cn1. The lowest BCUT2D eigenvalue weighted by Crippen LogP contribution is -2.14. The minimum Gasteiger partial charge on any atom is -0.339 e. The van der Waals surface area contributed by atoms with Crippen LogP contribution in [0.2, 0.25) is 0 Å². The topological polar surface area (TPSA) is 66.9 Å². The van der Waals surface area contributed by atoms with Gasteiger partial charge in [0.15, 0.2) is 11.6 Å². The first-order chi connectivity index (χ1) is 12.0. The molecular formula is C17H11F3N4O. The predicted octanol–water partition coefficient (Wildman–Crippen LogP) is 3.89. The number of rotatable bonds is 4. The van der Waals surface area contributed by atoms with Crippen LogP contribution in [0.25, 0.3) is 0 Å². The van der Waals surface area contributed by atoms with E-state index < -0.39 is 23.4 Å². The van der Waals surface area contributed by atoms with Crippen LogP contribution in [0.4, 0.5) is 30.4 Å². The van der Waals surface area contributed by atoms with Crippen molar-refractivity contribution in [1.82, 2.24) is 9.97 Å². The van der Waals surface area contributed by atoms with E-state index in [0.717, 1.165) is 12.1 Å². The molecule has 0 aliphatic carbocycles. The van der Waals surface area contributed by atoms with Gasteiger partial charge in [-0.3, -0.25) is 4.79 Å². The van der Waals surface area contributed by atoms with Gasteiger partial charge in [-0.25, -0.2) is 23.1 Å². The molecule has 0 saturated heterocycles. The second-order valence-electron chi connectivity index (χ2n) is 5.00. The average molecular weight is 344 g/mol. The minimum atomic E-state index is -0.992. The van der Waals surface area contributed by atoms with Crippen molar-refractivity contribution < 1.29 is 18.0 Å². The molecule has 0 bridgehead atoms. The summed E-state index contributed by atoms with van der Waals surface area (Å²) in [7, 11) is 0. The van der Waals surface area contributed by atoms with Gasteiger partial charge in [0.05, 0.1) is 12.4 Å². The van der Waals surface area contributed by atoms with E-state index >= 15 is 0 Å². The van der Waals surface area contributed by atoms with Crippen LogP contribution >= 0.6 is 0 Å². The van der Waals surface area contributed by atoms with Crippen LogP contribution in [0.1, 0.15) is 10.5 Å². The fourth-order valence-corrected chi connectivity index (χ4v) is 1.96. The Morgan fingerprint density at radius 3 is 2.20 bits per heavy atom. The zero-order valence-corrected chi connectivity index (χ0v) is 12.6. The van der Waals surface area contributed by atoms with Gasteiger partial charge in [0.1, 0.15) is 17.3 Å². The normalized spacial score (nSPS) is 10.4. The fraction of sp³-hybridized carbons (Fsp3) is 0. The standard InChI is InChI=1S/C17H11F3N4O/c18-10-1-3-11(4-2-10)24-17(25)15-8-22-16(9-21-15)23-12-5-6-13(19)14(20)7-12/h1-9H,(H,22,23)(H,24,25). The molecule has 0 radical (unpaired) electrons. The first-order valence-corrected chi connectivity index (χ1v) is 7.12. The average Bonchev–Trinajstić information content (AvgIpc) is 2.61. The molecular weight excluding hydrogens is 333 g/mol. The molecule has 8 heteroatoms. The van der Waals surface area contributed by atoms with E-state index in [-0.39, 0.29) is 17.2 Å². The van der Waals surface area contributed by atoms with Crippen molar-refractivity contribution in [3.05, 3.63) is 78.0 Å². The summed E-state index contributed by atoms with van der Waals surface area (Å²) < 4.78 is 38.9. The summed E-state index contributed by atoms with van der Waals surface area (Å²) in [5.74, 6) is -2.62. The maximum Gasteiger partial charge on any atom is 0.275 e. The molecule has 1 amide bonds. The van der Waals surface area contributed by atoms with Gasteiger partial charge >= 0.3 is 0 Å². The van der Waals surface area contributed by atoms with E-state index in [1.165, 1.54) is 42.7 Å². The summed E-state index contributed by atoms with van der Waals surface area (Å²) in [4.78, 5) is 20.0. The Labute approximate surface area is 140 Å². The maximum atomic E-state index is 13.2. The zero-order chi connectivity index (χ0) is 17.8. The van der Waals surface area contributed by atoms with Crippen molar-refractivity contribution in [2.75, 3.05) is 10.6 Å². The van der Waals surface area contributed by atoms with Gasteiger partial charge in [-0.2, -0.15) is 0 Å². The second-order valence-corrected chi connectivity index (χ2v) is 5.00. The molecule has 5 nitrogen and oxygen atoms in total. The van der Waals surface area contributed by atoms with Gasteiger partial charge in [0, 0.05) is 17.4 Å². The summed E-state index contributed by atoms with van der Waals surface area (Å²) in [6.45, 7) is 0. The number of nitrogens with one attached hydrogen (secondary N) is 2. The van der Waals surface area contributed by atoms with E-state index in [1.54, 1.807) is 0 Å². The molecule has 0 fully saturated rings. The number of benzene rings is 2. The Morgan fingerprint density at radius 1 is 0.840 bits per heavy atom. The summed E-state index contributed by atoms with van der Waals surface area (Å²) in [6, 6.07) is 8.57. The minimum absolute atomic E-state index is 0.0418. The number of carbonyl (C=O) groups is 1. The Kier molecular flexibility index (Phi) is 4.60. The van der Waals surface area contributed by atoms with Crippen molar-refractivity contribution >= 4 is 23.1 Å². The van der Waals surface area contributed by atoms with Gasteiger partial charge in [-0.15, -0.1) is 0 Å². The quantitative estimate of drug-likeness (QED) is 0.753. The highest BCUT2D eigenvalue weighted by molar-refractivity contribution is 6.02. The van der Waals surface area contributed by atoms with Gasteiger partial charge in [-0.1, -0.05) is 0 Å².